The maximum atomic E-state index is 12.3. The molecule has 1 atom stereocenters. The Balaban J connectivity index is 2.20. The van der Waals surface area contributed by atoms with Crippen LogP contribution in [0.5, 0.6) is 5.75 Å². The van der Waals surface area contributed by atoms with E-state index in [0.717, 1.165) is 5.56 Å². The van der Waals surface area contributed by atoms with Gasteiger partial charge in [0.05, 0.1) is 11.6 Å². The van der Waals surface area contributed by atoms with Gasteiger partial charge in [-0.15, -0.1) is 0 Å². The molecule has 1 N–H and O–H groups in total. The highest BCUT2D eigenvalue weighted by Crippen LogP contribution is 2.17. The maximum absolute atomic E-state index is 12.3. The van der Waals surface area contributed by atoms with Gasteiger partial charge in [-0.3, -0.25) is 9.59 Å². The van der Waals surface area contributed by atoms with Gasteiger partial charge in [-0.05, 0) is 65.7 Å². The van der Waals surface area contributed by atoms with Crippen molar-refractivity contribution in [1.82, 2.24) is 4.57 Å². The molecule has 5 nitrogen and oxygen atoms in total. The molecule has 0 saturated carbocycles. The van der Waals surface area contributed by atoms with Crippen LogP contribution in [-0.2, 0) is 4.79 Å². The standard InChI is InChI=1S/C16H17BrN2O3/c1-10-8-14(17)16(21)19(9-10)11(2)15(20)18-12-4-6-13(22-3)7-5-12/h4-9,11H,1-3H3,(H,18,20). The molecule has 0 bridgehead atoms. The van der Waals surface area contributed by atoms with Gasteiger partial charge in [-0.1, -0.05) is 0 Å². The number of carbonyl (C=O) groups is 1. The van der Waals surface area contributed by atoms with Gasteiger partial charge in [0.1, 0.15) is 11.8 Å². The fraction of sp³-hybridized carbons (Fsp3) is 0.250. The highest BCUT2D eigenvalue weighted by molar-refractivity contribution is 9.10. The van der Waals surface area contributed by atoms with Crippen molar-refractivity contribution in [2.24, 2.45) is 0 Å². The normalized spacial score (nSPS) is 11.8. The number of nitrogens with one attached hydrogen (secondary N) is 1. The molecule has 22 heavy (non-hydrogen) atoms. The zero-order chi connectivity index (χ0) is 16.3. The summed E-state index contributed by atoms with van der Waals surface area (Å²) in [7, 11) is 1.58. The number of carbonyl (C=O) groups excluding carboxylic acids is 1. The largest absolute Gasteiger partial charge is 0.497 e. The predicted octanol–water partition coefficient (Wildman–Crippen LogP) is 3.13. The number of hydrogen-bond acceptors (Lipinski definition) is 3. The highest BCUT2D eigenvalue weighted by Gasteiger charge is 2.17. The molecule has 2 rings (SSSR count). The lowest BCUT2D eigenvalue weighted by molar-refractivity contribution is -0.118. The van der Waals surface area contributed by atoms with E-state index in [-0.39, 0.29) is 11.5 Å². The van der Waals surface area contributed by atoms with Crippen LogP contribution in [0.3, 0.4) is 0 Å². The van der Waals surface area contributed by atoms with E-state index in [1.165, 1.54) is 4.57 Å². The van der Waals surface area contributed by atoms with E-state index in [2.05, 4.69) is 21.2 Å². The maximum Gasteiger partial charge on any atom is 0.265 e. The number of amides is 1. The molecule has 0 aliphatic heterocycles. The van der Waals surface area contributed by atoms with Crippen LogP contribution in [0.25, 0.3) is 0 Å². The van der Waals surface area contributed by atoms with Crippen LogP contribution in [0.15, 0.2) is 45.8 Å². The Morgan fingerprint density at radius 1 is 1.32 bits per heavy atom. The van der Waals surface area contributed by atoms with Crippen molar-refractivity contribution in [3.8, 4) is 5.75 Å². The molecular weight excluding hydrogens is 348 g/mol. The van der Waals surface area contributed by atoms with E-state index >= 15 is 0 Å². The van der Waals surface area contributed by atoms with Gasteiger partial charge in [0.15, 0.2) is 0 Å². The van der Waals surface area contributed by atoms with Crippen LogP contribution >= 0.6 is 15.9 Å². The fourth-order valence-electron chi connectivity index (χ4n) is 2.04. The van der Waals surface area contributed by atoms with Crippen LogP contribution in [0.4, 0.5) is 5.69 Å². The van der Waals surface area contributed by atoms with Crippen molar-refractivity contribution in [3.05, 3.63) is 56.9 Å². The number of methoxy groups -OCH3 is 1. The predicted molar refractivity (Wildman–Crippen MR) is 89.5 cm³/mol. The quantitative estimate of drug-likeness (QED) is 0.906. The van der Waals surface area contributed by atoms with Crippen molar-refractivity contribution in [2.45, 2.75) is 19.9 Å². The number of anilines is 1. The van der Waals surface area contributed by atoms with Gasteiger partial charge < -0.3 is 14.6 Å². The molecule has 1 aromatic carbocycles. The third kappa shape index (κ3) is 3.57. The third-order valence-electron chi connectivity index (χ3n) is 3.29. The molecule has 0 aliphatic rings. The summed E-state index contributed by atoms with van der Waals surface area (Å²) in [5.41, 5.74) is 1.32. The summed E-state index contributed by atoms with van der Waals surface area (Å²) in [6.45, 7) is 3.56. The zero-order valence-electron chi connectivity index (χ0n) is 12.6. The number of rotatable bonds is 4. The number of ether oxygens (including phenoxy) is 1. The summed E-state index contributed by atoms with van der Waals surface area (Å²) in [5.74, 6) is 0.453. The zero-order valence-corrected chi connectivity index (χ0v) is 14.2. The topological polar surface area (TPSA) is 60.3 Å². The van der Waals surface area contributed by atoms with Crippen molar-refractivity contribution < 1.29 is 9.53 Å². The molecule has 0 aliphatic carbocycles. The van der Waals surface area contributed by atoms with Gasteiger partial charge in [-0.2, -0.15) is 0 Å². The first-order valence-corrected chi connectivity index (χ1v) is 7.55. The van der Waals surface area contributed by atoms with Gasteiger partial charge in [0.25, 0.3) is 5.56 Å². The average molecular weight is 365 g/mol. The third-order valence-corrected chi connectivity index (χ3v) is 3.86. The Labute approximate surface area is 137 Å². The van der Waals surface area contributed by atoms with Crippen LogP contribution in [-0.4, -0.2) is 17.6 Å². The molecule has 0 spiro atoms. The lowest BCUT2D eigenvalue weighted by Crippen LogP contribution is -2.31. The Morgan fingerprint density at radius 3 is 2.55 bits per heavy atom. The van der Waals surface area contributed by atoms with Gasteiger partial charge in [0, 0.05) is 11.9 Å². The van der Waals surface area contributed by atoms with E-state index in [0.29, 0.717) is 15.9 Å². The summed E-state index contributed by atoms with van der Waals surface area (Å²) in [5, 5.41) is 2.79. The molecule has 0 fully saturated rings. The van der Waals surface area contributed by atoms with Crippen LogP contribution in [0.2, 0.25) is 0 Å². The van der Waals surface area contributed by atoms with Crippen molar-refractivity contribution in [3.63, 3.8) is 0 Å². The number of halogens is 1. The van der Waals surface area contributed by atoms with Crippen LogP contribution in [0, 0.1) is 6.92 Å². The molecule has 0 radical (unpaired) electrons. The average Bonchev–Trinajstić information content (AvgIpc) is 2.50. The minimum Gasteiger partial charge on any atom is -0.497 e. The SMILES string of the molecule is COc1ccc(NC(=O)C(C)n2cc(C)cc(Br)c2=O)cc1. The molecular formula is C16H17BrN2O3. The number of aryl methyl sites for hydroxylation is 1. The number of aromatic nitrogens is 1. The van der Waals surface area contributed by atoms with E-state index < -0.39 is 6.04 Å². The van der Waals surface area contributed by atoms with Crippen LogP contribution < -0.4 is 15.6 Å². The Kier molecular flexibility index (Phi) is 5.03. The van der Waals surface area contributed by atoms with Crippen molar-refractivity contribution >= 4 is 27.5 Å². The fourth-order valence-corrected chi connectivity index (χ4v) is 2.60. The molecule has 1 aromatic heterocycles. The molecule has 116 valence electrons. The highest BCUT2D eigenvalue weighted by atomic mass is 79.9. The lowest BCUT2D eigenvalue weighted by atomic mass is 10.2. The lowest BCUT2D eigenvalue weighted by Gasteiger charge is -2.16. The molecule has 1 unspecified atom stereocenters. The Hall–Kier alpha value is -2.08. The van der Waals surface area contributed by atoms with E-state index in [9.17, 15) is 9.59 Å². The van der Waals surface area contributed by atoms with Gasteiger partial charge in [0.2, 0.25) is 5.91 Å². The monoisotopic (exact) mass is 364 g/mol. The summed E-state index contributed by atoms with van der Waals surface area (Å²) in [4.78, 5) is 24.4. The second-order valence-electron chi connectivity index (χ2n) is 4.97. The van der Waals surface area contributed by atoms with E-state index in [1.807, 2.05) is 6.92 Å². The summed E-state index contributed by atoms with van der Waals surface area (Å²) >= 11 is 3.22. The Bertz CT molecular complexity index is 738. The molecule has 6 heteroatoms. The molecule has 1 amide bonds. The minimum atomic E-state index is -0.620. The van der Waals surface area contributed by atoms with E-state index in [4.69, 9.17) is 4.74 Å². The van der Waals surface area contributed by atoms with Gasteiger partial charge in [-0.25, -0.2) is 0 Å². The van der Waals surface area contributed by atoms with Gasteiger partial charge >= 0.3 is 0 Å². The first kappa shape index (κ1) is 16.3. The minimum absolute atomic E-state index is 0.233. The molecule has 0 saturated heterocycles. The first-order valence-electron chi connectivity index (χ1n) is 6.75. The number of nitrogens with zero attached hydrogens (tertiary/aromatic N) is 1. The number of hydrogen-bond donors (Lipinski definition) is 1. The smallest absolute Gasteiger partial charge is 0.265 e. The first-order chi connectivity index (χ1) is 10.4. The number of pyridine rings is 1. The molecule has 1 heterocycles. The summed E-state index contributed by atoms with van der Waals surface area (Å²) in [6, 6.07) is 8.13. The van der Waals surface area contributed by atoms with Crippen molar-refractivity contribution in [2.75, 3.05) is 12.4 Å². The van der Waals surface area contributed by atoms with E-state index in [1.54, 1.807) is 50.6 Å². The second kappa shape index (κ2) is 6.79. The molecule has 2 aromatic rings. The summed E-state index contributed by atoms with van der Waals surface area (Å²) < 4.78 is 6.93. The van der Waals surface area contributed by atoms with Crippen molar-refractivity contribution in [1.29, 1.82) is 0 Å². The summed E-state index contributed by atoms with van der Waals surface area (Å²) in [6.07, 6.45) is 1.67. The number of benzene rings is 1. The Morgan fingerprint density at radius 2 is 1.95 bits per heavy atom. The van der Waals surface area contributed by atoms with Crippen LogP contribution in [0.1, 0.15) is 18.5 Å². The second-order valence-corrected chi connectivity index (χ2v) is 5.83.